The van der Waals surface area contributed by atoms with Crippen LogP contribution in [0.25, 0.3) is 5.65 Å². The normalized spacial score (nSPS) is 12.7. The van der Waals surface area contributed by atoms with E-state index in [0.29, 0.717) is 0 Å². The number of nitrogens with zero attached hydrogens (tertiary/aromatic N) is 4. The number of anilines is 1. The van der Waals surface area contributed by atoms with Gasteiger partial charge in [-0.25, -0.2) is 0 Å². The van der Waals surface area contributed by atoms with E-state index in [1.165, 1.54) is 25.1 Å². The first-order valence-electron chi connectivity index (χ1n) is 7.89. The van der Waals surface area contributed by atoms with Crippen molar-refractivity contribution >= 4 is 46.3 Å². The highest BCUT2D eigenvalue weighted by atomic mass is 35.5. The molecule has 0 radical (unpaired) electrons. The van der Waals surface area contributed by atoms with E-state index in [1.807, 2.05) is 0 Å². The van der Waals surface area contributed by atoms with Gasteiger partial charge in [0.2, 0.25) is 5.91 Å². The molecule has 0 aliphatic heterocycles. The van der Waals surface area contributed by atoms with Crippen LogP contribution in [0.5, 0.6) is 0 Å². The van der Waals surface area contributed by atoms with E-state index < -0.39 is 27.8 Å². The number of amides is 1. The number of rotatable bonds is 5. The van der Waals surface area contributed by atoms with Crippen LogP contribution >= 0.6 is 23.4 Å². The SMILES string of the molecule is CC(Sc1nnc2ccc(C(F)(F)F)cn12)C(=O)Nc1ccc([N+](=O)[O-])cc1Cl. The lowest BCUT2D eigenvalue weighted by Gasteiger charge is -2.12. The number of nitro benzene ring substituents is 1. The van der Waals surface area contributed by atoms with Crippen molar-refractivity contribution in [2.24, 2.45) is 0 Å². The maximum Gasteiger partial charge on any atom is 0.417 e. The van der Waals surface area contributed by atoms with Crippen LogP contribution in [0.15, 0.2) is 41.7 Å². The molecule has 0 fully saturated rings. The zero-order valence-electron chi connectivity index (χ0n) is 14.5. The first-order chi connectivity index (χ1) is 13.6. The van der Waals surface area contributed by atoms with Gasteiger partial charge in [-0.15, -0.1) is 10.2 Å². The van der Waals surface area contributed by atoms with Gasteiger partial charge in [0.1, 0.15) is 0 Å². The number of thioether (sulfide) groups is 1. The number of halogens is 4. The summed E-state index contributed by atoms with van der Waals surface area (Å²) in [6.07, 6.45) is -3.68. The molecule has 1 unspecified atom stereocenters. The maximum absolute atomic E-state index is 12.9. The number of alkyl halides is 3. The second kappa shape index (κ2) is 7.87. The van der Waals surface area contributed by atoms with E-state index in [4.69, 9.17) is 11.6 Å². The minimum atomic E-state index is -4.53. The monoisotopic (exact) mass is 445 g/mol. The predicted molar refractivity (Wildman–Crippen MR) is 100 cm³/mol. The first kappa shape index (κ1) is 20.9. The molecule has 13 heteroatoms. The Morgan fingerprint density at radius 1 is 1.31 bits per heavy atom. The summed E-state index contributed by atoms with van der Waals surface area (Å²) in [5.74, 6) is -0.519. The number of non-ortho nitro benzene ring substituents is 1. The average molecular weight is 446 g/mol. The largest absolute Gasteiger partial charge is 0.417 e. The summed E-state index contributed by atoms with van der Waals surface area (Å²) in [6, 6.07) is 5.65. The Bertz CT molecular complexity index is 1110. The van der Waals surface area contributed by atoms with Crippen LogP contribution in [0, 0.1) is 10.1 Å². The molecule has 0 aliphatic rings. The minimum absolute atomic E-state index is 0.0208. The molecule has 3 aromatic rings. The van der Waals surface area contributed by atoms with Crippen LogP contribution in [0.1, 0.15) is 12.5 Å². The second-order valence-electron chi connectivity index (χ2n) is 5.80. The number of carbonyl (C=O) groups excluding carboxylic acids is 1. The van der Waals surface area contributed by atoms with Gasteiger partial charge < -0.3 is 5.32 Å². The summed E-state index contributed by atoms with van der Waals surface area (Å²) >= 11 is 6.84. The number of aromatic nitrogens is 3. The lowest BCUT2D eigenvalue weighted by Crippen LogP contribution is -2.23. The van der Waals surface area contributed by atoms with E-state index in [2.05, 4.69) is 15.5 Å². The van der Waals surface area contributed by atoms with Gasteiger partial charge >= 0.3 is 6.18 Å². The highest BCUT2D eigenvalue weighted by Crippen LogP contribution is 2.31. The third kappa shape index (κ3) is 4.59. The molecule has 0 aliphatic carbocycles. The summed E-state index contributed by atoms with van der Waals surface area (Å²) in [7, 11) is 0. The van der Waals surface area contributed by atoms with Gasteiger partial charge in [0, 0.05) is 18.3 Å². The fourth-order valence-electron chi connectivity index (χ4n) is 2.28. The van der Waals surface area contributed by atoms with Crippen molar-refractivity contribution in [3.63, 3.8) is 0 Å². The third-order valence-electron chi connectivity index (χ3n) is 3.77. The molecule has 29 heavy (non-hydrogen) atoms. The molecule has 0 saturated carbocycles. The lowest BCUT2D eigenvalue weighted by atomic mass is 10.2. The summed E-state index contributed by atoms with van der Waals surface area (Å²) in [6.45, 7) is 1.52. The van der Waals surface area contributed by atoms with Crippen molar-refractivity contribution in [1.29, 1.82) is 0 Å². The summed E-state index contributed by atoms with van der Waals surface area (Å²) < 4.78 is 39.9. The Morgan fingerprint density at radius 2 is 2.03 bits per heavy atom. The maximum atomic E-state index is 12.9. The molecular weight excluding hydrogens is 435 g/mol. The summed E-state index contributed by atoms with van der Waals surface area (Å²) in [5.41, 5.74) is -0.737. The number of nitrogens with one attached hydrogen (secondary N) is 1. The molecule has 3 rings (SSSR count). The van der Waals surface area contributed by atoms with Crippen LogP contribution in [-0.4, -0.2) is 30.7 Å². The molecule has 0 bridgehead atoms. The van der Waals surface area contributed by atoms with Gasteiger partial charge in [-0.05, 0) is 25.1 Å². The number of hydrogen-bond acceptors (Lipinski definition) is 6. The average Bonchev–Trinajstić information content (AvgIpc) is 3.04. The Kier molecular flexibility index (Phi) is 5.66. The predicted octanol–water partition coefficient (Wildman–Crippen LogP) is 4.43. The third-order valence-corrected chi connectivity index (χ3v) is 5.14. The molecule has 1 N–H and O–H groups in total. The van der Waals surface area contributed by atoms with Gasteiger partial charge in [-0.3, -0.25) is 19.3 Å². The van der Waals surface area contributed by atoms with Crippen molar-refractivity contribution in [1.82, 2.24) is 14.6 Å². The highest BCUT2D eigenvalue weighted by molar-refractivity contribution is 8.00. The number of hydrogen-bond donors (Lipinski definition) is 1. The van der Waals surface area contributed by atoms with Crippen LogP contribution in [0.2, 0.25) is 5.02 Å². The molecule has 2 heterocycles. The molecule has 1 amide bonds. The van der Waals surface area contributed by atoms with E-state index >= 15 is 0 Å². The molecule has 1 aromatic carbocycles. The molecular formula is C16H11ClF3N5O3S. The number of fused-ring (bicyclic) bond motifs is 1. The van der Waals surface area contributed by atoms with Gasteiger partial charge in [0.25, 0.3) is 5.69 Å². The fourth-order valence-corrected chi connectivity index (χ4v) is 3.33. The molecule has 8 nitrogen and oxygen atoms in total. The van der Waals surface area contributed by atoms with Gasteiger partial charge in [-0.1, -0.05) is 23.4 Å². The number of nitro groups is 1. The number of carbonyl (C=O) groups is 1. The van der Waals surface area contributed by atoms with E-state index in [1.54, 1.807) is 0 Å². The Hall–Kier alpha value is -2.86. The molecule has 2 aromatic heterocycles. The minimum Gasteiger partial charge on any atom is -0.324 e. The van der Waals surface area contributed by atoms with E-state index in [0.717, 1.165) is 34.5 Å². The standard InChI is InChI=1S/C16H11ClF3N5O3S/c1-8(14(26)21-12-4-3-10(25(27)28)6-11(12)17)29-15-23-22-13-5-2-9(7-24(13)15)16(18,19)20/h2-8H,1H3,(H,21,26). The zero-order valence-corrected chi connectivity index (χ0v) is 16.0. The lowest BCUT2D eigenvalue weighted by molar-refractivity contribution is -0.384. The Morgan fingerprint density at radius 3 is 2.66 bits per heavy atom. The van der Waals surface area contributed by atoms with Crippen LogP contribution in [0.4, 0.5) is 24.5 Å². The van der Waals surface area contributed by atoms with Crippen LogP contribution in [-0.2, 0) is 11.0 Å². The van der Waals surface area contributed by atoms with Crippen molar-refractivity contribution in [3.8, 4) is 0 Å². The van der Waals surface area contributed by atoms with Gasteiger partial charge in [0.05, 0.1) is 26.4 Å². The molecule has 152 valence electrons. The van der Waals surface area contributed by atoms with Gasteiger partial charge in [0.15, 0.2) is 10.8 Å². The van der Waals surface area contributed by atoms with E-state index in [-0.39, 0.29) is 27.2 Å². The molecule has 0 spiro atoms. The van der Waals surface area contributed by atoms with Crippen molar-refractivity contribution in [2.75, 3.05) is 5.32 Å². The summed E-state index contributed by atoms with van der Waals surface area (Å²) in [5, 5.41) is 20.2. The van der Waals surface area contributed by atoms with Crippen molar-refractivity contribution < 1.29 is 22.9 Å². The van der Waals surface area contributed by atoms with Gasteiger partial charge in [-0.2, -0.15) is 13.2 Å². The fraction of sp³-hybridized carbons (Fsp3) is 0.188. The Labute approximate surface area is 170 Å². The highest BCUT2D eigenvalue weighted by Gasteiger charge is 2.31. The summed E-state index contributed by atoms with van der Waals surface area (Å²) in [4.78, 5) is 22.5. The molecule has 1 atom stereocenters. The second-order valence-corrected chi connectivity index (χ2v) is 7.51. The quantitative estimate of drug-likeness (QED) is 0.354. The topological polar surface area (TPSA) is 102 Å². The van der Waals surface area contributed by atoms with Crippen molar-refractivity contribution in [3.05, 3.63) is 57.2 Å². The Balaban J connectivity index is 1.77. The van der Waals surface area contributed by atoms with Crippen molar-refractivity contribution in [2.45, 2.75) is 23.5 Å². The zero-order chi connectivity index (χ0) is 21.3. The number of pyridine rings is 1. The smallest absolute Gasteiger partial charge is 0.324 e. The van der Waals surface area contributed by atoms with Crippen LogP contribution in [0.3, 0.4) is 0 Å². The number of benzene rings is 1. The molecule has 0 saturated heterocycles. The first-order valence-corrected chi connectivity index (χ1v) is 9.15. The van der Waals surface area contributed by atoms with E-state index in [9.17, 15) is 28.1 Å². The van der Waals surface area contributed by atoms with Crippen LogP contribution < -0.4 is 5.32 Å².